The largest absolute Gasteiger partial charge is 0.493 e. The van der Waals surface area contributed by atoms with Crippen LogP contribution in [0, 0.1) is 12.7 Å². The maximum Gasteiger partial charge on any atom is 0.251 e. The molecule has 0 saturated heterocycles. The number of rotatable bonds is 8. The minimum atomic E-state index is -0.306. The van der Waals surface area contributed by atoms with Crippen LogP contribution in [0.4, 0.5) is 4.39 Å². The number of amides is 1. The minimum absolute atomic E-state index is 0.249. The van der Waals surface area contributed by atoms with E-state index in [-0.39, 0.29) is 17.8 Å². The third-order valence-electron chi connectivity index (χ3n) is 5.22. The molecule has 4 aromatic rings. The van der Waals surface area contributed by atoms with E-state index in [1.165, 1.54) is 30.6 Å². The van der Waals surface area contributed by atoms with Crippen LogP contribution in [0.2, 0.25) is 0 Å². The van der Waals surface area contributed by atoms with Gasteiger partial charge in [-0.25, -0.2) is 14.1 Å². The summed E-state index contributed by atoms with van der Waals surface area (Å²) in [5.74, 6) is 0.442. The van der Waals surface area contributed by atoms with Crippen molar-refractivity contribution in [2.45, 2.75) is 26.5 Å². The summed E-state index contributed by atoms with van der Waals surface area (Å²) in [7, 11) is 1.53. The van der Waals surface area contributed by atoms with Gasteiger partial charge in [0, 0.05) is 22.2 Å². The molecule has 0 aliphatic carbocycles. The van der Waals surface area contributed by atoms with E-state index in [2.05, 4.69) is 15.4 Å². The molecule has 1 amide bonds. The van der Waals surface area contributed by atoms with Gasteiger partial charge in [-0.2, -0.15) is 5.10 Å². The number of halogens is 1. The fraction of sp³-hybridized carbons (Fsp3) is 0.208. The number of thiazole rings is 1. The number of hydrogen-bond donors (Lipinski definition) is 1. The predicted octanol–water partition coefficient (Wildman–Crippen LogP) is 4.85. The second kappa shape index (κ2) is 9.83. The van der Waals surface area contributed by atoms with Crippen LogP contribution >= 0.6 is 11.3 Å². The predicted molar refractivity (Wildman–Crippen MR) is 124 cm³/mol. The molecule has 0 saturated carbocycles. The van der Waals surface area contributed by atoms with Crippen molar-refractivity contribution in [3.05, 3.63) is 87.9 Å². The molecular weight excluding hydrogens is 443 g/mol. The van der Waals surface area contributed by atoms with Crippen molar-refractivity contribution < 1.29 is 18.7 Å². The van der Waals surface area contributed by atoms with Gasteiger partial charge in [0.15, 0.2) is 11.5 Å². The molecule has 1 atom stereocenters. The molecule has 1 N–H and O–H groups in total. The molecule has 0 radical (unpaired) electrons. The number of carbonyl (C=O) groups excluding carboxylic acids is 1. The lowest BCUT2D eigenvalue weighted by atomic mass is 10.1. The SMILES string of the molecule is COc1cc(C(=O)NC(C)c2cnn(-c3ccc(F)cc3)c2C)ccc1OCc1cscn1. The summed E-state index contributed by atoms with van der Waals surface area (Å²) in [5, 5.41) is 9.31. The average Bonchev–Trinajstić information content (AvgIpc) is 3.48. The monoisotopic (exact) mass is 466 g/mol. The fourth-order valence-electron chi connectivity index (χ4n) is 3.44. The number of aromatic nitrogens is 3. The molecule has 2 heterocycles. The maximum absolute atomic E-state index is 13.2. The summed E-state index contributed by atoms with van der Waals surface area (Å²) in [6.45, 7) is 4.12. The van der Waals surface area contributed by atoms with Gasteiger partial charge >= 0.3 is 0 Å². The van der Waals surface area contributed by atoms with Gasteiger partial charge in [0.2, 0.25) is 0 Å². The Labute approximate surface area is 194 Å². The van der Waals surface area contributed by atoms with E-state index in [9.17, 15) is 9.18 Å². The molecule has 0 bridgehead atoms. The van der Waals surface area contributed by atoms with E-state index in [0.29, 0.717) is 23.7 Å². The van der Waals surface area contributed by atoms with Crippen LogP contribution in [0.15, 0.2) is 59.6 Å². The molecule has 1 unspecified atom stereocenters. The summed E-state index contributed by atoms with van der Waals surface area (Å²) >= 11 is 1.50. The first kappa shape index (κ1) is 22.5. The Hall–Kier alpha value is -3.72. The molecule has 9 heteroatoms. The van der Waals surface area contributed by atoms with Crippen LogP contribution in [0.1, 0.15) is 40.3 Å². The van der Waals surface area contributed by atoms with Crippen molar-refractivity contribution in [2.75, 3.05) is 7.11 Å². The Bertz CT molecular complexity index is 1240. The Morgan fingerprint density at radius 1 is 1.21 bits per heavy atom. The first-order valence-corrected chi connectivity index (χ1v) is 11.2. The molecule has 0 spiro atoms. The van der Waals surface area contributed by atoms with Crippen molar-refractivity contribution in [1.29, 1.82) is 0 Å². The third kappa shape index (κ3) is 5.04. The van der Waals surface area contributed by atoms with Crippen LogP contribution in [0.5, 0.6) is 11.5 Å². The average molecular weight is 467 g/mol. The lowest BCUT2D eigenvalue weighted by molar-refractivity contribution is 0.0939. The Balaban J connectivity index is 1.46. The van der Waals surface area contributed by atoms with E-state index < -0.39 is 0 Å². The number of methoxy groups -OCH3 is 1. The molecular formula is C24H23FN4O3S. The summed E-state index contributed by atoms with van der Waals surface area (Å²) in [4.78, 5) is 17.1. The van der Waals surface area contributed by atoms with Crippen LogP contribution in [-0.4, -0.2) is 27.8 Å². The molecule has 0 aliphatic heterocycles. The van der Waals surface area contributed by atoms with E-state index >= 15 is 0 Å². The highest BCUT2D eigenvalue weighted by molar-refractivity contribution is 7.07. The van der Waals surface area contributed by atoms with Crippen LogP contribution in [0.3, 0.4) is 0 Å². The zero-order chi connectivity index (χ0) is 23.4. The molecule has 33 heavy (non-hydrogen) atoms. The zero-order valence-electron chi connectivity index (χ0n) is 18.4. The number of nitrogens with one attached hydrogen (secondary N) is 1. The molecule has 2 aromatic carbocycles. The highest BCUT2D eigenvalue weighted by atomic mass is 32.1. The Morgan fingerprint density at radius 3 is 2.70 bits per heavy atom. The van der Waals surface area contributed by atoms with Gasteiger partial charge in [0.05, 0.1) is 36.2 Å². The second-order valence-corrected chi connectivity index (χ2v) is 8.12. The number of nitrogens with zero attached hydrogens (tertiary/aromatic N) is 3. The number of ether oxygens (including phenoxy) is 2. The quantitative estimate of drug-likeness (QED) is 0.401. The summed E-state index contributed by atoms with van der Waals surface area (Å²) in [6.07, 6.45) is 1.71. The zero-order valence-corrected chi connectivity index (χ0v) is 19.2. The van der Waals surface area contributed by atoms with E-state index in [4.69, 9.17) is 9.47 Å². The van der Waals surface area contributed by atoms with Crippen LogP contribution < -0.4 is 14.8 Å². The molecule has 0 aliphatic rings. The van der Waals surface area contributed by atoms with Crippen molar-refractivity contribution in [1.82, 2.24) is 20.1 Å². The maximum atomic E-state index is 13.2. The van der Waals surface area contributed by atoms with Gasteiger partial charge in [-0.15, -0.1) is 11.3 Å². The van der Waals surface area contributed by atoms with E-state index in [1.54, 1.807) is 46.7 Å². The summed E-state index contributed by atoms with van der Waals surface area (Å²) in [6, 6.07) is 10.8. The lowest BCUT2D eigenvalue weighted by Gasteiger charge is -2.16. The highest BCUT2D eigenvalue weighted by Gasteiger charge is 2.18. The molecule has 170 valence electrons. The van der Waals surface area contributed by atoms with Crippen molar-refractivity contribution in [3.63, 3.8) is 0 Å². The topological polar surface area (TPSA) is 78.3 Å². The molecule has 7 nitrogen and oxygen atoms in total. The van der Waals surface area contributed by atoms with Gasteiger partial charge in [-0.3, -0.25) is 4.79 Å². The van der Waals surface area contributed by atoms with E-state index in [0.717, 1.165) is 22.6 Å². The van der Waals surface area contributed by atoms with Crippen LogP contribution in [0.25, 0.3) is 5.69 Å². The van der Waals surface area contributed by atoms with Crippen molar-refractivity contribution in [2.24, 2.45) is 0 Å². The Kier molecular flexibility index (Phi) is 6.69. The van der Waals surface area contributed by atoms with Crippen molar-refractivity contribution >= 4 is 17.2 Å². The van der Waals surface area contributed by atoms with Gasteiger partial charge in [0.25, 0.3) is 5.91 Å². The molecule has 2 aromatic heterocycles. The smallest absolute Gasteiger partial charge is 0.251 e. The molecule has 0 fully saturated rings. The highest BCUT2D eigenvalue weighted by Crippen LogP contribution is 2.29. The van der Waals surface area contributed by atoms with Gasteiger partial charge in [-0.1, -0.05) is 0 Å². The number of carbonyl (C=O) groups is 1. The van der Waals surface area contributed by atoms with Gasteiger partial charge in [-0.05, 0) is 56.3 Å². The number of benzene rings is 2. The van der Waals surface area contributed by atoms with Crippen LogP contribution in [-0.2, 0) is 6.61 Å². The first-order chi connectivity index (χ1) is 16.0. The standard InChI is InChI=1S/C24H23FN4O3S/c1-15(21-11-27-29(16(21)2)20-7-5-18(25)6-8-20)28-24(30)17-4-9-22(23(10-17)31-3)32-12-19-13-33-14-26-19/h4-11,13-15H,12H2,1-3H3,(H,28,30). The first-order valence-electron chi connectivity index (χ1n) is 10.3. The Morgan fingerprint density at radius 2 is 2.00 bits per heavy atom. The number of hydrogen-bond acceptors (Lipinski definition) is 6. The second-order valence-electron chi connectivity index (χ2n) is 7.40. The molecule has 4 rings (SSSR count). The minimum Gasteiger partial charge on any atom is -0.493 e. The van der Waals surface area contributed by atoms with E-state index in [1.807, 2.05) is 19.2 Å². The fourth-order valence-corrected chi connectivity index (χ4v) is 3.98. The normalized spacial score (nSPS) is 11.8. The van der Waals surface area contributed by atoms with Crippen molar-refractivity contribution in [3.8, 4) is 17.2 Å². The summed E-state index contributed by atoms with van der Waals surface area (Å²) in [5.41, 5.74) is 5.49. The third-order valence-corrected chi connectivity index (χ3v) is 5.85. The summed E-state index contributed by atoms with van der Waals surface area (Å²) < 4.78 is 26.1. The van der Waals surface area contributed by atoms with Gasteiger partial charge < -0.3 is 14.8 Å². The van der Waals surface area contributed by atoms with Gasteiger partial charge in [0.1, 0.15) is 12.4 Å². The lowest BCUT2D eigenvalue weighted by Crippen LogP contribution is -2.27.